The summed E-state index contributed by atoms with van der Waals surface area (Å²) >= 11 is 0. The van der Waals surface area contributed by atoms with E-state index < -0.39 is 5.82 Å². The number of amides is 1. The average molecular weight is 279 g/mol. The van der Waals surface area contributed by atoms with Gasteiger partial charge in [0.2, 0.25) is 0 Å². The summed E-state index contributed by atoms with van der Waals surface area (Å²) in [5.41, 5.74) is 5.70. The molecule has 5 heteroatoms. The monoisotopic (exact) mass is 279 g/mol. The summed E-state index contributed by atoms with van der Waals surface area (Å²) in [6, 6.07) is 1.13. The molecule has 1 aliphatic rings. The van der Waals surface area contributed by atoms with Crippen LogP contribution in [-0.2, 0) is 0 Å². The number of nitrogen functional groups attached to an aromatic ring is 1. The van der Waals surface area contributed by atoms with Crippen LogP contribution in [0.1, 0.15) is 49.4 Å². The van der Waals surface area contributed by atoms with Gasteiger partial charge in [-0.25, -0.2) is 9.37 Å². The highest BCUT2D eigenvalue weighted by Gasteiger charge is 2.19. The van der Waals surface area contributed by atoms with Crippen LogP contribution >= 0.6 is 0 Å². The van der Waals surface area contributed by atoms with E-state index in [9.17, 15) is 9.18 Å². The van der Waals surface area contributed by atoms with E-state index in [0.29, 0.717) is 12.5 Å². The van der Waals surface area contributed by atoms with E-state index in [0.717, 1.165) is 24.6 Å². The zero-order valence-electron chi connectivity index (χ0n) is 11.9. The van der Waals surface area contributed by atoms with E-state index in [1.54, 1.807) is 0 Å². The lowest BCUT2D eigenvalue weighted by Crippen LogP contribution is -2.28. The highest BCUT2D eigenvalue weighted by molar-refractivity contribution is 5.98. The molecule has 4 nitrogen and oxygen atoms in total. The van der Waals surface area contributed by atoms with Gasteiger partial charge in [-0.05, 0) is 30.7 Å². The fraction of sp³-hybridized carbons (Fsp3) is 0.600. The van der Waals surface area contributed by atoms with Crippen molar-refractivity contribution in [3.05, 3.63) is 23.6 Å². The lowest BCUT2D eigenvalue weighted by molar-refractivity contribution is 0.0949. The molecule has 0 saturated heterocycles. The minimum Gasteiger partial charge on any atom is -0.383 e. The first-order chi connectivity index (χ1) is 9.56. The first kappa shape index (κ1) is 14.8. The Morgan fingerprint density at radius 1 is 1.55 bits per heavy atom. The Morgan fingerprint density at radius 3 is 3.10 bits per heavy atom. The quantitative estimate of drug-likeness (QED) is 0.890. The predicted octanol–water partition coefficient (Wildman–Crippen LogP) is 2.75. The summed E-state index contributed by atoms with van der Waals surface area (Å²) in [5.74, 6) is 0.633. The number of nitrogens with two attached hydrogens (primary N) is 1. The first-order valence-corrected chi connectivity index (χ1v) is 7.25. The molecule has 2 atom stereocenters. The maximum atomic E-state index is 13.1. The molecule has 0 aromatic carbocycles. The van der Waals surface area contributed by atoms with Crippen molar-refractivity contribution in [1.29, 1.82) is 0 Å². The van der Waals surface area contributed by atoms with Gasteiger partial charge < -0.3 is 11.1 Å². The van der Waals surface area contributed by atoms with Crippen LogP contribution in [0.4, 0.5) is 10.2 Å². The highest BCUT2D eigenvalue weighted by Crippen LogP contribution is 2.30. The smallest absolute Gasteiger partial charge is 0.255 e. The van der Waals surface area contributed by atoms with Gasteiger partial charge in [0.1, 0.15) is 11.6 Å². The molecule has 3 N–H and O–H groups in total. The van der Waals surface area contributed by atoms with Gasteiger partial charge in [-0.3, -0.25) is 4.79 Å². The lowest BCUT2D eigenvalue weighted by atomic mass is 9.81. The second-order valence-electron chi connectivity index (χ2n) is 5.77. The Bertz CT molecular complexity index is 478. The summed E-state index contributed by atoms with van der Waals surface area (Å²) in [4.78, 5) is 15.6. The van der Waals surface area contributed by atoms with Crippen molar-refractivity contribution in [3.8, 4) is 0 Å². The maximum Gasteiger partial charge on any atom is 0.255 e. The van der Waals surface area contributed by atoms with Gasteiger partial charge in [0.25, 0.3) is 5.91 Å². The molecular formula is C15H22FN3O. The third-order valence-electron chi connectivity index (χ3n) is 4.01. The Morgan fingerprint density at radius 2 is 2.35 bits per heavy atom. The second-order valence-corrected chi connectivity index (χ2v) is 5.77. The van der Waals surface area contributed by atoms with Crippen LogP contribution in [0.3, 0.4) is 0 Å². The van der Waals surface area contributed by atoms with Crippen LogP contribution in [0.15, 0.2) is 12.3 Å². The third kappa shape index (κ3) is 3.92. The molecule has 1 aliphatic carbocycles. The van der Waals surface area contributed by atoms with Gasteiger partial charge in [-0.2, -0.15) is 0 Å². The molecule has 1 aromatic heterocycles. The number of carbonyl (C=O) groups excluding carboxylic acids is 1. The normalized spacial score (nSPS) is 22.5. The molecule has 1 fully saturated rings. The standard InChI is InChI=1S/C15H22FN3O/c1-10-3-2-4-11(7-10)5-6-18-15(20)13-8-12(16)9-19-14(13)17/h8-11H,2-7H2,1H3,(H2,17,19)(H,18,20). The number of nitrogens with one attached hydrogen (secondary N) is 1. The molecule has 0 radical (unpaired) electrons. The Hall–Kier alpha value is -1.65. The zero-order chi connectivity index (χ0) is 14.5. The Kier molecular flexibility index (Phi) is 4.93. The molecule has 0 spiro atoms. The molecular weight excluding hydrogens is 257 g/mol. The zero-order valence-corrected chi connectivity index (χ0v) is 11.9. The molecule has 2 rings (SSSR count). The van der Waals surface area contributed by atoms with E-state index in [1.807, 2.05) is 0 Å². The summed E-state index contributed by atoms with van der Waals surface area (Å²) in [6.45, 7) is 2.88. The van der Waals surface area contributed by atoms with Crippen molar-refractivity contribution in [3.63, 3.8) is 0 Å². The molecule has 0 bridgehead atoms. The highest BCUT2D eigenvalue weighted by atomic mass is 19.1. The molecule has 1 amide bonds. The van der Waals surface area contributed by atoms with E-state index in [4.69, 9.17) is 5.73 Å². The van der Waals surface area contributed by atoms with Gasteiger partial charge in [0.15, 0.2) is 0 Å². The maximum absolute atomic E-state index is 13.1. The Balaban J connectivity index is 1.81. The summed E-state index contributed by atoms with van der Waals surface area (Å²) in [6.07, 6.45) is 7.05. The number of pyridine rings is 1. The van der Waals surface area contributed by atoms with Crippen molar-refractivity contribution in [2.45, 2.75) is 39.0 Å². The van der Waals surface area contributed by atoms with Gasteiger partial charge in [0.05, 0.1) is 11.8 Å². The molecule has 0 aliphatic heterocycles. The number of hydrogen-bond donors (Lipinski definition) is 2. The third-order valence-corrected chi connectivity index (χ3v) is 4.01. The molecule has 110 valence electrons. The van der Waals surface area contributed by atoms with E-state index in [2.05, 4.69) is 17.2 Å². The van der Waals surface area contributed by atoms with Crippen molar-refractivity contribution in [1.82, 2.24) is 10.3 Å². The first-order valence-electron chi connectivity index (χ1n) is 7.25. The summed E-state index contributed by atoms with van der Waals surface area (Å²) < 4.78 is 13.1. The molecule has 1 saturated carbocycles. The minimum atomic E-state index is -0.551. The number of nitrogens with zero attached hydrogens (tertiary/aromatic N) is 1. The van der Waals surface area contributed by atoms with Crippen molar-refractivity contribution in [2.24, 2.45) is 11.8 Å². The van der Waals surface area contributed by atoms with Gasteiger partial charge in [0, 0.05) is 6.54 Å². The second kappa shape index (κ2) is 6.68. The minimum absolute atomic E-state index is 0.0650. The number of halogens is 1. The van der Waals surface area contributed by atoms with Gasteiger partial charge in [-0.15, -0.1) is 0 Å². The van der Waals surface area contributed by atoms with Crippen molar-refractivity contribution in [2.75, 3.05) is 12.3 Å². The SMILES string of the molecule is CC1CCCC(CCNC(=O)c2cc(F)cnc2N)C1. The van der Waals surface area contributed by atoms with Crippen LogP contribution in [0.2, 0.25) is 0 Å². The number of carbonyl (C=O) groups is 1. The fourth-order valence-corrected chi connectivity index (χ4v) is 2.94. The Labute approximate surface area is 119 Å². The molecule has 1 aromatic rings. The lowest BCUT2D eigenvalue weighted by Gasteiger charge is -2.26. The van der Waals surface area contributed by atoms with Crippen LogP contribution in [0.25, 0.3) is 0 Å². The van der Waals surface area contributed by atoms with E-state index in [1.165, 1.54) is 25.7 Å². The van der Waals surface area contributed by atoms with Crippen molar-refractivity contribution < 1.29 is 9.18 Å². The van der Waals surface area contributed by atoms with Crippen molar-refractivity contribution >= 4 is 11.7 Å². The summed E-state index contributed by atoms with van der Waals surface area (Å²) in [5, 5.41) is 2.80. The van der Waals surface area contributed by atoms with Gasteiger partial charge >= 0.3 is 0 Å². The van der Waals surface area contributed by atoms with Crippen LogP contribution in [0.5, 0.6) is 0 Å². The van der Waals surface area contributed by atoms with E-state index >= 15 is 0 Å². The largest absolute Gasteiger partial charge is 0.383 e. The van der Waals surface area contributed by atoms with Gasteiger partial charge in [-0.1, -0.05) is 26.2 Å². The topological polar surface area (TPSA) is 68.0 Å². The van der Waals surface area contributed by atoms with Crippen LogP contribution in [-0.4, -0.2) is 17.4 Å². The molecule has 2 unspecified atom stereocenters. The number of rotatable bonds is 4. The predicted molar refractivity (Wildman–Crippen MR) is 76.7 cm³/mol. The fourth-order valence-electron chi connectivity index (χ4n) is 2.94. The number of aromatic nitrogens is 1. The van der Waals surface area contributed by atoms with Crippen LogP contribution in [0, 0.1) is 17.7 Å². The molecule has 20 heavy (non-hydrogen) atoms. The van der Waals surface area contributed by atoms with Crippen LogP contribution < -0.4 is 11.1 Å². The summed E-state index contributed by atoms with van der Waals surface area (Å²) in [7, 11) is 0. The number of hydrogen-bond acceptors (Lipinski definition) is 3. The molecule has 1 heterocycles. The average Bonchev–Trinajstić information content (AvgIpc) is 2.41. The number of anilines is 1. The van der Waals surface area contributed by atoms with E-state index in [-0.39, 0.29) is 17.3 Å².